The summed E-state index contributed by atoms with van der Waals surface area (Å²) in [6, 6.07) is 6.00. The van der Waals surface area contributed by atoms with Crippen LogP contribution in [-0.2, 0) is 9.59 Å². The lowest BCUT2D eigenvalue weighted by molar-refractivity contribution is -0.142. The van der Waals surface area contributed by atoms with Crippen LogP contribution in [0.2, 0.25) is 0 Å². The maximum absolute atomic E-state index is 12.3. The molecule has 4 nitrogen and oxygen atoms in total. The van der Waals surface area contributed by atoms with Gasteiger partial charge in [0.15, 0.2) is 0 Å². The summed E-state index contributed by atoms with van der Waals surface area (Å²) < 4.78 is 28.9. The molecule has 1 aliphatic rings. The Kier molecular flexibility index (Phi) is 3.78. The van der Waals surface area contributed by atoms with Gasteiger partial charge < -0.3 is 9.84 Å². The summed E-state index contributed by atoms with van der Waals surface area (Å²) >= 11 is 0. The third-order valence-corrected chi connectivity index (χ3v) is 3.22. The van der Waals surface area contributed by atoms with Gasteiger partial charge >= 0.3 is 12.6 Å². The van der Waals surface area contributed by atoms with Crippen molar-refractivity contribution in [3.05, 3.63) is 29.8 Å². The Morgan fingerprint density at radius 1 is 1.37 bits per heavy atom. The van der Waals surface area contributed by atoms with E-state index < -0.39 is 24.4 Å². The maximum Gasteiger partial charge on any atom is 0.387 e. The first-order valence-electron chi connectivity index (χ1n) is 5.78. The average molecular weight is 270 g/mol. The molecule has 1 fully saturated rings. The van der Waals surface area contributed by atoms with Gasteiger partial charge in [0, 0.05) is 17.9 Å². The van der Waals surface area contributed by atoms with Crippen molar-refractivity contribution in [1.82, 2.24) is 0 Å². The topological polar surface area (TPSA) is 63.6 Å². The molecule has 1 aromatic carbocycles. The monoisotopic (exact) mass is 270 g/mol. The number of hydrogen-bond acceptors (Lipinski definition) is 3. The standard InChI is InChI=1S/C13H12F2O4/c14-13(15)19-11-4-2-1-3-8(11)9-5-7(12(17)18)6-10(9)16/h1-4,7,9,13H,5-6H2,(H,17,18)/t7-,9+/m0/s1. The molecule has 19 heavy (non-hydrogen) atoms. The molecule has 0 unspecified atom stereocenters. The maximum atomic E-state index is 12.3. The minimum absolute atomic E-state index is 0.0665. The van der Waals surface area contributed by atoms with E-state index in [-0.39, 0.29) is 24.4 Å². The lowest BCUT2D eigenvalue weighted by Gasteiger charge is -2.14. The Morgan fingerprint density at radius 3 is 2.63 bits per heavy atom. The summed E-state index contributed by atoms with van der Waals surface area (Å²) in [5, 5.41) is 8.91. The van der Waals surface area contributed by atoms with E-state index in [9.17, 15) is 18.4 Å². The summed E-state index contributed by atoms with van der Waals surface area (Å²) in [4.78, 5) is 22.7. The summed E-state index contributed by atoms with van der Waals surface area (Å²) in [6.45, 7) is -2.98. The smallest absolute Gasteiger partial charge is 0.387 e. The molecular weight excluding hydrogens is 258 g/mol. The van der Waals surface area contributed by atoms with Crippen LogP contribution in [0.3, 0.4) is 0 Å². The molecule has 0 amide bonds. The SMILES string of the molecule is O=C(O)[C@@H]1CC(=O)[C@@H](c2ccccc2OC(F)F)C1. The van der Waals surface area contributed by atoms with Gasteiger partial charge in [0.2, 0.25) is 0 Å². The van der Waals surface area contributed by atoms with Crippen LogP contribution in [0.5, 0.6) is 5.75 Å². The van der Waals surface area contributed by atoms with Gasteiger partial charge in [-0.15, -0.1) is 0 Å². The molecule has 102 valence electrons. The van der Waals surface area contributed by atoms with Gasteiger partial charge in [0.05, 0.1) is 5.92 Å². The third-order valence-electron chi connectivity index (χ3n) is 3.22. The second-order valence-corrected chi connectivity index (χ2v) is 4.41. The molecule has 0 aromatic heterocycles. The van der Waals surface area contributed by atoms with Gasteiger partial charge in [0.1, 0.15) is 11.5 Å². The zero-order chi connectivity index (χ0) is 14.0. The number of ketones is 1. The Hall–Kier alpha value is -1.98. The van der Waals surface area contributed by atoms with Gasteiger partial charge in [-0.25, -0.2) is 0 Å². The summed E-state index contributed by atoms with van der Waals surface area (Å²) in [6.07, 6.45) is 0.0563. The van der Waals surface area contributed by atoms with E-state index in [0.717, 1.165) is 0 Å². The van der Waals surface area contributed by atoms with Crippen molar-refractivity contribution >= 4 is 11.8 Å². The molecule has 2 rings (SSSR count). The zero-order valence-corrected chi connectivity index (χ0v) is 9.88. The van der Waals surface area contributed by atoms with E-state index in [4.69, 9.17) is 5.11 Å². The third kappa shape index (κ3) is 2.89. The number of carbonyl (C=O) groups excluding carboxylic acids is 1. The van der Waals surface area contributed by atoms with Crippen LogP contribution in [-0.4, -0.2) is 23.5 Å². The molecule has 0 bridgehead atoms. The fourth-order valence-electron chi connectivity index (χ4n) is 2.34. The van der Waals surface area contributed by atoms with E-state index in [1.54, 1.807) is 6.07 Å². The lowest BCUT2D eigenvalue weighted by atomic mass is 9.95. The number of carbonyl (C=O) groups is 2. The highest BCUT2D eigenvalue weighted by molar-refractivity contribution is 5.93. The highest BCUT2D eigenvalue weighted by Gasteiger charge is 2.38. The molecule has 1 saturated carbocycles. The molecule has 0 radical (unpaired) electrons. The molecule has 0 heterocycles. The zero-order valence-electron chi connectivity index (χ0n) is 9.88. The second-order valence-electron chi connectivity index (χ2n) is 4.41. The van der Waals surface area contributed by atoms with Crippen molar-refractivity contribution in [2.75, 3.05) is 0 Å². The molecule has 2 atom stereocenters. The number of alkyl halides is 2. The summed E-state index contributed by atoms with van der Waals surface area (Å²) in [7, 11) is 0. The molecule has 6 heteroatoms. The van der Waals surface area contributed by atoms with Crippen molar-refractivity contribution < 1.29 is 28.2 Å². The van der Waals surface area contributed by atoms with Crippen molar-refractivity contribution in [3.8, 4) is 5.75 Å². The number of benzene rings is 1. The average Bonchev–Trinajstić information content (AvgIpc) is 2.71. The van der Waals surface area contributed by atoms with Crippen LogP contribution in [0.1, 0.15) is 24.3 Å². The Bertz CT molecular complexity index is 501. The van der Waals surface area contributed by atoms with Crippen molar-refractivity contribution in [2.45, 2.75) is 25.4 Å². The number of carboxylic acid groups (broad SMARTS) is 1. The predicted octanol–water partition coefficient (Wildman–Crippen LogP) is 2.44. The first-order chi connectivity index (χ1) is 8.99. The minimum Gasteiger partial charge on any atom is -0.481 e. The number of para-hydroxylation sites is 1. The summed E-state index contributed by atoms with van der Waals surface area (Å²) in [5.74, 6) is -2.80. The van der Waals surface area contributed by atoms with E-state index in [1.165, 1.54) is 18.2 Å². The van der Waals surface area contributed by atoms with E-state index in [2.05, 4.69) is 4.74 Å². The van der Waals surface area contributed by atoms with Gasteiger partial charge in [-0.2, -0.15) is 8.78 Å². The van der Waals surface area contributed by atoms with Crippen molar-refractivity contribution in [1.29, 1.82) is 0 Å². The number of aliphatic carboxylic acids is 1. The molecule has 1 aliphatic carbocycles. The van der Waals surface area contributed by atoms with E-state index in [1.807, 2.05) is 0 Å². The number of hydrogen-bond donors (Lipinski definition) is 1. The predicted molar refractivity (Wildman–Crippen MR) is 61.2 cm³/mol. The first kappa shape index (κ1) is 13.5. The quantitative estimate of drug-likeness (QED) is 0.912. The van der Waals surface area contributed by atoms with Crippen molar-refractivity contribution in [3.63, 3.8) is 0 Å². The molecular formula is C13H12F2O4. The molecule has 1 aromatic rings. The van der Waals surface area contributed by atoms with Crippen molar-refractivity contribution in [2.24, 2.45) is 5.92 Å². The lowest BCUT2D eigenvalue weighted by Crippen LogP contribution is -2.10. The van der Waals surface area contributed by atoms with Gasteiger partial charge in [-0.05, 0) is 12.5 Å². The molecule has 0 spiro atoms. The molecule has 0 aliphatic heterocycles. The van der Waals surface area contributed by atoms with Gasteiger partial charge in [-0.3, -0.25) is 9.59 Å². The number of rotatable bonds is 4. The van der Waals surface area contributed by atoms with Crippen LogP contribution in [0.25, 0.3) is 0 Å². The minimum atomic E-state index is -2.98. The highest BCUT2D eigenvalue weighted by Crippen LogP contribution is 2.39. The fraction of sp³-hybridized carbons (Fsp3) is 0.385. The summed E-state index contributed by atoms with van der Waals surface area (Å²) in [5.41, 5.74) is 0.330. The van der Waals surface area contributed by atoms with E-state index >= 15 is 0 Å². The van der Waals surface area contributed by atoms with Crippen LogP contribution in [0.4, 0.5) is 8.78 Å². The second kappa shape index (κ2) is 5.34. The van der Waals surface area contributed by atoms with Crippen LogP contribution < -0.4 is 4.74 Å². The normalized spacial score (nSPS) is 22.8. The van der Waals surface area contributed by atoms with Crippen LogP contribution in [0.15, 0.2) is 24.3 Å². The van der Waals surface area contributed by atoms with Gasteiger partial charge in [0.25, 0.3) is 0 Å². The number of Topliss-reactive ketones (excluding diaryl/α,β-unsaturated/α-hetero) is 1. The Morgan fingerprint density at radius 2 is 2.05 bits per heavy atom. The molecule has 0 saturated heterocycles. The first-order valence-corrected chi connectivity index (χ1v) is 5.78. The van der Waals surface area contributed by atoms with Gasteiger partial charge in [-0.1, -0.05) is 18.2 Å². The van der Waals surface area contributed by atoms with Crippen LogP contribution >= 0.6 is 0 Å². The number of carboxylic acids is 1. The van der Waals surface area contributed by atoms with Crippen LogP contribution in [0, 0.1) is 5.92 Å². The number of halogens is 2. The largest absolute Gasteiger partial charge is 0.481 e. The Balaban J connectivity index is 2.27. The van der Waals surface area contributed by atoms with E-state index in [0.29, 0.717) is 5.56 Å². The Labute approximate surface area is 108 Å². The molecule has 1 N–H and O–H groups in total. The highest BCUT2D eigenvalue weighted by atomic mass is 19.3. The number of ether oxygens (including phenoxy) is 1. The fourth-order valence-corrected chi connectivity index (χ4v) is 2.34.